The van der Waals surface area contributed by atoms with Crippen molar-refractivity contribution in [3.63, 3.8) is 0 Å². The van der Waals surface area contributed by atoms with Gasteiger partial charge in [0.1, 0.15) is 36.4 Å². The van der Waals surface area contributed by atoms with Crippen LogP contribution in [0.4, 0.5) is 4.79 Å². The number of alkyl halides is 3. The normalized spacial score (nSPS) is 13.9. The molecule has 16 nitrogen and oxygen atoms in total. The number of carbonyl (C=O) groups is 6. The first-order valence-corrected chi connectivity index (χ1v) is 29.3. The molecule has 4 atom stereocenters. The zero-order valence-electron chi connectivity index (χ0n) is 46.4. The topological polar surface area (TPSA) is 223 Å². The highest BCUT2D eigenvalue weighted by Crippen LogP contribution is 2.26. The molecule has 0 fully saturated rings. The van der Waals surface area contributed by atoms with Gasteiger partial charge in [0.2, 0.25) is 27.4 Å². The van der Waals surface area contributed by atoms with Gasteiger partial charge in [-0.25, -0.2) is 9.59 Å². The van der Waals surface area contributed by atoms with Crippen LogP contribution in [0.15, 0.2) is 0 Å². The lowest BCUT2D eigenvalue weighted by Gasteiger charge is -2.30. The van der Waals surface area contributed by atoms with Crippen molar-refractivity contribution in [1.82, 2.24) is 21.3 Å². The Morgan fingerprint density at radius 1 is 0.507 bits per heavy atom. The number of ether oxygens (including phenoxy) is 5. The quantitative estimate of drug-likeness (QED) is 0.0219. The number of nitrogens with one attached hydrogen (secondary N) is 4. The first-order chi connectivity index (χ1) is 34.1. The first kappa shape index (κ1) is 70.7. The summed E-state index contributed by atoms with van der Waals surface area (Å²) in [5, 5.41) is 10.2. The molecule has 5 amide bonds. The maximum atomic E-state index is 14.1. The smallest absolute Gasteiger partial charge is 0.407 e. The zero-order valence-corrected chi connectivity index (χ0v) is 49.5. The zero-order chi connectivity index (χ0) is 55.4. The standard InChI is InChI=1S/C53H98Cl3N5O11S/c1-11-12-13-14-15-16-17-18-19-20-21-22-23-24-25-26-27-28-29-30-32-68-33-31-34-73-38-43(61-49(67)69-39-53(54,55)56)47(65)60-42(37-71-51(5,6)7)46(64)59-41(36-70-50(2,3)4)45(63)58-40(35-44(57)62)48(66)72-52(8,9)10/h40-43H,11-39H2,1-10H3,(H2,57,62)(H,58,63)(H,59,64)(H,60,65)(H,61,67)/t40-,41-,42-,43-/m0/s1. The number of alkyl carbamates (subject to hydrolysis) is 1. The van der Waals surface area contributed by atoms with E-state index in [0.29, 0.717) is 25.4 Å². The Morgan fingerprint density at radius 3 is 1.27 bits per heavy atom. The monoisotopic (exact) mass is 1120 g/mol. The lowest BCUT2D eigenvalue weighted by Crippen LogP contribution is -2.61. The summed E-state index contributed by atoms with van der Waals surface area (Å²) < 4.78 is 26.2. The molecule has 0 rings (SSSR count). The number of primary amides is 1. The number of carbonyl (C=O) groups excluding carboxylic acids is 6. The Bertz CT molecular complexity index is 1540. The number of amides is 5. The van der Waals surface area contributed by atoms with E-state index < -0.39 is 93.5 Å². The van der Waals surface area contributed by atoms with Gasteiger partial charge in [0.05, 0.1) is 30.8 Å². The highest BCUT2D eigenvalue weighted by atomic mass is 35.6. The van der Waals surface area contributed by atoms with Crippen LogP contribution < -0.4 is 27.0 Å². The maximum Gasteiger partial charge on any atom is 0.407 e. The first-order valence-electron chi connectivity index (χ1n) is 27.0. The number of unbranched alkanes of at least 4 members (excludes halogenated alkanes) is 19. The fraction of sp³-hybridized carbons (Fsp3) is 0.887. The predicted molar refractivity (Wildman–Crippen MR) is 296 cm³/mol. The van der Waals surface area contributed by atoms with E-state index in [1.807, 2.05) is 0 Å². The van der Waals surface area contributed by atoms with Gasteiger partial charge in [-0.15, -0.1) is 0 Å². The summed E-state index contributed by atoms with van der Waals surface area (Å²) in [5.74, 6) is -3.66. The number of hydrogen-bond acceptors (Lipinski definition) is 12. The van der Waals surface area contributed by atoms with E-state index in [4.69, 9.17) is 64.2 Å². The van der Waals surface area contributed by atoms with Crippen molar-refractivity contribution in [2.45, 2.75) is 255 Å². The number of halogens is 3. The minimum Gasteiger partial charge on any atom is -0.458 e. The van der Waals surface area contributed by atoms with Crippen LogP contribution in [0, 0.1) is 0 Å². The van der Waals surface area contributed by atoms with Gasteiger partial charge in [-0.05, 0) is 80.9 Å². The second-order valence-electron chi connectivity index (χ2n) is 21.9. The number of esters is 1. The van der Waals surface area contributed by atoms with Crippen molar-refractivity contribution in [2.24, 2.45) is 5.73 Å². The van der Waals surface area contributed by atoms with E-state index in [9.17, 15) is 28.8 Å². The summed E-state index contributed by atoms with van der Waals surface area (Å²) in [5.41, 5.74) is 2.89. The molecule has 0 aliphatic carbocycles. The number of rotatable bonds is 42. The molecule has 0 aliphatic heterocycles. The van der Waals surface area contributed by atoms with Gasteiger partial charge in [-0.3, -0.25) is 19.2 Å². The second-order valence-corrected chi connectivity index (χ2v) is 25.5. The Labute approximate surface area is 459 Å². The van der Waals surface area contributed by atoms with Crippen LogP contribution in [0.3, 0.4) is 0 Å². The van der Waals surface area contributed by atoms with Gasteiger partial charge in [-0.1, -0.05) is 164 Å². The van der Waals surface area contributed by atoms with E-state index in [-0.39, 0.29) is 19.0 Å². The summed E-state index contributed by atoms with van der Waals surface area (Å²) in [6.07, 6.45) is 25.7. The third-order valence-corrected chi connectivity index (χ3v) is 12.5. The molecule has 0 saturated carbocycles. The molecular weight excluding hydrogens is 1020 g/mol. The second kappa shape index (κ2) is 40.0. The molecule has 0 heterocycles. The summed E-state index contributed by atoms with van der Waals surface area (Å²) in [7, 11) is 0. The van der Waals surface area contributed by atoms with E-state index >= 15 is 0 Å². The van der Waals surface area contributed by atoms with E-state index in [1.54, 1.807) is 62.3 Å². The summed E-state index contributed by atoms with van der Waals surface area (Å²) in [6.45, 7) is 17.5. The van der Waals surface area contributed by atoms with Crippen molar-refractivity contribution in [1.29, 1.82) is 0 Å². The summed E-state index contributed by atoms with van der Waals surface area (Å²) in [4.78, 5) is 79.6. The summed E-state index contributed by atoms with van der Waals surface area (Å²) in [6, 6.07) is -5.59. The fourth-order valence-corrected chi connectivity index (χ4v) is 8.28. The van der Waals surface area contributed by atoms with Gasteiger partial charge in [0.25, 0.3) is 0 Å². The molecule has 0 radical (unpaired) electrons. The summed E-state index contributed by atoms with van der Waals surface area (Å²) >= 11 is 18.7. The number of thioether (sulfide) groups is 1. The van der Waals surface area contributed by atoms with Crippen LogP contribution in [-0.2, 0) is 47.7 Å². The van der Waals surface area contributed by atoms with Crippen LogP contribution in [0.5, 0.6) is 0 Å². The van der Waals surface area contributed by atoms with E-state index in [1.165, 1.54) is 127 Å². The molecule has 0 aliphatic rings. The molecule has 0 saturated heterocycles. The minimum absolute atomic E-state index is 0.0683. The molecule has 428 valence electrons. The maximum absolute atomic E-state index is 14.1. The molecule has 0 aromatic heterocycles. The van der Waals surface area contributed by atoms with Crippen LogP contribution in [0.25, 0.3) is 0 Å². The molecular formula is C53H98Cl3N5O11S. The van der Waals surface area contributed by atoms with Gasteiger partial charge in [-0.2, -0.15) is 11.8 Å². The van der Waals surface area contributed by atoms with Crippen molar-refractivity contribution in [3.05, 3.63) is 0 Å². The highest BCUT2D eigenvalue weighted by Gasteiger charge is 2.35. The van der Waals surface area contributed by atoms with Crippen molar-refractivity contribution in [2.75, 3.05) is 44.5 Å². The molecule has 6 N–H and O–H groups in total. The fourth-order valence-electron chi connectivity index (χ4n) is 7.16. The molecule has 0 bridgehead atoms. The largest absolute Gasteiger partial charge is 0.458 e. The number of nitrogens with two attached hydrogens (primary N) is 1. The molecule has 0 unspecified atom stereocenters. The Morgan fingerprint density at radius 2 is 0.890 bits per heavy atom. The van der Waals surface area contributed by atoms with Crippen LogP contribution in [-0.4, -0.2) is 125 Å². The Hall–Kier alpha value is -2.28. The van der Waals surface area contributed by atoms with Gasteiger partial charge >= 0.3 is 12.1 Å². The van der Waals surface area contributed by atoms with Crippen molar-refractivity contribution >= 4 is 82.3 Å². The minimum atomic E-state index is -1.91. The van der Waals surface area contributed by atoms with Crippen molar-refractivity contribution in [3.8, 4) is 0 Å². The van der Waals surface area contributed by atoms with E-state index in [0.717, 1.165) is 12.8 Å². The molecule has 0 aromatic rings. The number of hydrogen-bond donors (Lipinski definition) is 5. The predicted octanol–water partition coefficient (Wildman–Crippen LogP) is 10.7. The van der Waals surface area contributed by atoms with Crippen LogP contribution in [0.1, 0.15) is 210 Å². The van der Waals surface area contributed by atoms with Gasteiger partial charge in [0, 0.05) is 19.0 Å². The molecule has 0 aromatic carbocycles. The lowest BCUT2D eigenvalue weighted by molar-refractivity contribution is -0.160. The van der Waals surface area contributed by atoms with Gasteiger partial charge in [0.15, 0.2) is 0 Å². The lowest BCUT2D eigenvalue weighted by atomic mass is 10.0. The van der Waals surface area contributed by atoms with Crippen molar-refractivity contribution < 1.29 is 52.5 Å². The third kappa shape index (κ3) is 44.5. The van der Waals surface area contributed by atoms with Crippen LogP contribution in [0.2, 0.25) is 0 Å². The van der Waals surface area contributed by atoms with Gasteiger partial charge < -0.3 is 50.7 Å². The molecule has 0 spiro atoms. The Balaban J connectivity index is 5.30. The van der Waals surface area contributed by atoms with E-state index in [2.05, 4.69) is 28.2 Å². The molecule has 73 heavy (non-hydrogen) atoms. The van der Waals surface area contributed by atoms with Crippen LogP contribution >= 0.6 is 46.6 Å². The third-order valence-electron chi connectivity index (χ3n) is 11.0. The average Bonchev–Trinajstić information content (AvgIpc) is 3.27. The average molecular weight is 1120 g/mol. The highest BCUT2D eigenvalue weighted by molar-refractivity contribution is 7.99. The molecule has 20 heteroatoms. The Kier molecular flexibility index (Phi) is 38.8. The SMILES string of the molecule is CCCCCCCCCCCCCCCCCCCCCCOCCCSC[C@H](NC(=O)OCC(Cl)(Cl)Cl)C(=O)N[C@@H](COC(C)(C)C)C(=O)N[C@@H](COC(C)(C)C)C(=O)N[C@@H](CC(N)=O)C(=O)OC(C)(C)C.